The van der Waals surface area contributed by atoms with Crippen LogP contribution < -0.4 is 5.32 Å². The van der Waals surface area contributed by atoms with E-state index in [-0.39, 0.29) is 24.0 Å². The van der Waals surface area contributed by atoms with Gasteiger partial charge in [-0.2, -0.15) is 0 Å². The predicted octanol–water partition coefficient (Wildman–Crippen LogP) is 3.37. The zero-order valence-corrected chi connectivity index (χ0v) is 15.8. The molecule has 0 spiro atoms. The minimum atomic E-state index is -0.714. The standard InChI is InChI=1S/C18H27N3O3S/c1-3-15-20-13-5-4-6-14(16(13)25-15)21(2)18(24)19-12-9-7-11(8-10-12)17(22)23/h11-12,14H,3-10H2,1-2H3,(H,19,24)(H,22,23). The molecule has 0 aliphatic heterocycles. The molecule has 0 radical (unpaired) electrons. The summed E-state index contributed by atoms with van der Waals surface area (Å²) in [4.78, 5) is 31.5. The molecule has 1 unspecified atom stereocenters. The van der Waals surface area contributed by atoms with Crippen LogP contribution in [-0.2, 0) is 17.6 Å². The number of aryl methyl sites for hydroxylation is 2. The summed E-state index contributed by atoms with van der Waals surface area (Å²) in [6.07, 6.45) is 6.77. The summed E-state index contributed by atoms with van der Waals surface area (Å²) >= 11 is 1.74. The summed E-state index contributed by atoms with van der Waals surface area (Å²) in [6, 6.07) is 0.140. The minimum Gasteiger partial charge on any atom is -0.481 e. The molecule has 25 heavy (non-hydrogen) atoms. The summed E-state index contributed by atoms with van der Waals surface area (Å²) in [7, 11) is 1.86. The number of nitrogens with one attached hydrogen (secondary N) is 1. The number of rotatable bonds is 4. The predicted molar refractivity (Wildman–Crippen MR) is 96.8 cm³/mol. The van der Waals surface area contributed by atoms with Crippen molar-refractivity contribution in [3.05, 3.63) is 15.6 Å². The van der Waals surface area contributed by atoms with Crippen LogP contribution in [0.1, 0.15) is 67.1 Å². The first-order valence-corrected chi connectivity index (χ1v) is 10.1. The molecule has 0 saturated heterocycles. The number of aromatic nitrogens is 1. The van der Waals surface area contributed by atoms with E-state index in [2.05, 4.69) is 12.2 Å². The number of amides is 2. The highest BCUT2D eigenvalue weighted by atomic mass is 32.1. The highest BCUT2D eigenvalue weighted by molar-refractivity contribution is 7.11. The molecule has 3 rings (SSSR count). The summed E-state index contributed by atoms with van der Waals surface area (Å²) in [5.41, 5.74) is 1.17. The van der Waals surface area contributed by atoms with Crippen LogP contribution in [0.4, 0.5) is 4.79 Å². The van der Waals surface area contributed by atoms with Gasteiger partial charge in [0.15, 0.2) is 0 Å². The largest absolute Gasteiger partial charge is 0.481 e. The Bertz CT molecular complexity index is 638. The van der Waals surface area contributed by atoms with Gasteiger partial charge in [-0.25, -0.2) is 9.78 Å². The maximum atomic E-state index is 12.7. The fourth-order valence-corrected chi connectivity index (χ4v) is 5.10. The smallest absolute Gasteiger partial charge is 0.317 e. The lowest BCUT2D eigenvalue weighted by atomic mass is 9.86. The number of hydrogen-bond acceptors (Lipinski definition) is 4. The first-order valence-electron chi connectivity index (χ1n) is 9.24. The molecule has 2 N–H and O–H groups in total. The number of carboxylic acids is 1. The molecule has 1 aromatic rings. The van der Waals surface area contributed by atoms with Crippen molar-refractivity contribution in [2.24, 2.45) is 5.92 Å². The fourth-order valence-electron chi connectivity index (χ4n) is 3.87. The van der Waals surface area contributed by atoms with Gasteiger partial charge in [0, 0.05) is 13.1 Å². The monoisotopic (exact) mass is 365 g/mol. The van der Waals surface area contributed by atoms with Crippen molar-refractivity contribution in [2.45, 2.75) is 70.4 Å². The zero-order chi connectivity index (χ0) is 18.0. The van der Waals surface area contributed by atoms with Crippen LogP contribution in [0.2, 0.25) is 0 Å². The molecule has 2 amide bonds. The van der Waals surface area contributed by atoms with Gasteiger partial charge < -0.3 is 15.3 Å². The Morgan fingerprint density at radius 1 is 1.28 bits per heavy atom. The van der Waals surface area contributed by atoms with Crippen molar-refractivity contribution in [1.82, 2.24) is 15.2 Å². The molecule has 0 aromatic carbocycles. The van der Waals surface area contributed by atoms with Crippen LogP contribution in [-0.4, -0.2) is 40.1 Å². The lowest BCUT2D eigenvalue weighted by Gasteiger charge is -2.33. The lowest BCUT2D eigenvalue weighted by Crippen LogP contribution is -2.46. The Morgan fingerprint density at radius 2 is 2.00 bits per heavy atom. The molecule has 1 atom stereocenters. The quantitative estimate of drug-likeness (QED) is 0.857. The molecule has 1 aromatic heterocycles. The Balaban J connectivity index is 1.60. The van der Waals surface area contributed by atoms with E-state index in [1.807, 2.05) is 11.9 Å². The lowest BCUT2D eigenvalue weighted by molar-refractivity contribution is -0.142. The van der Waals surface area contributed by atoms with E-state index in [0.29, 0.717) is 12.8 Å². The van der Waals surface area contributed by atoms with E-state index in [0.717, 1.165) is 43.5 Å². The molecule has 7 heteroatoms. The average molecular weight is 365 g/mol. The van der Waals surface area contributed by atoms with Gasteiger partial charge in [0.25, 0.3) is 0 Å². The summed E-state index contributed by atoms with van der Waals surface area (Å²) in [5, 5.41) is 13.3. The maximum absolute atomic E-state index is 12.7. The van der Waals surface area contributed by atoms with Crippen LogP contribution in [0.5, 0.6) is 0 Å². The minimum absolute atomic E-state index is 0.0527. The first-order chi connectivity index (χ1) is 12.0. The SMILES string of the molecule is CCc1nc2c(s1)C(N(C)C(=O)NC1CCC(C(=O)O)CC1)CCC2. The van der Waals surface area contributed by atoms with E-state index in [1.54, 1.807) is 11.3 Å². The van der Waals surface area contributed by atoms with Crippen molar-refractivity contribution in [3.8, 4) is 0 Å². The van der Waals surface area contributed by atoms with Gasteiger partial charge in [-0.3, -0.25) is 4.79 Å². The zero-order valence-electron chi connectivity index (χ0n) is 15.0. The summed E-state index contributed by atoms with van der Waals surface area (Å²) in [5.74, 6) is -0.968. The van der Waals surface area contributed by atoms with Gasteiger partial charge in [0.05, 0.1) is 27.5 Å². The van der Waals surface area contributed by atoms with E-state index < -0.39 is 5.97 Å². The van der Waals surface area contributed by atoms with E-state index in [9.17, 15) is 9.59 Å². The molecule has 0 bridgehead atoms. The summed E-state index contributed by atoms with van der Waals surface area (Å²) in [6.45, 7) is 2.11. The Morgan fingerprint density at radius 3 is 2.64 bits per heavy atom. The van der Waals surface area contributed by atoms with E-state index in [1.165, 1.54) is 10.6 Å². The topological polar surface area (TPSA) is 82.5 Å². The molecule has 2 aliphatic carbocycles. The highest BCUT2D eigenvalue weighted by Crippen LogP contribution is 2.37. The second-order valence-corrected chi connectivity index (χ2v) is 8.24. The summed E-state index contributed by atoms with van der Waals surface area (Å²) < 4.78 is 0. The molecular weight excluding hydrogens is 338 g/mol. The van der Waals surface area contributed by atoms with Crippen LogP contribution in [0.25, 0.3) is 0 Å². The molecule has 6 nitrogen and oxygen atoms in total. The molecule has 1 heterocycles. The second-order valence-electron chi connectivity index (χ2n) is 7.13. The normalized spacial score (nSPS) is 25.9. The van der Waals surface area contributed by atoms with Crippen LogP contribution >= 0.6 is 11.3 Å². The molecule has 1 saturated carbocycles. The molecule has 138 valence electrons. The van der Waals surface area contributed by atoms with E-state index >= 15 is 0 Å². The second kappa shape index (κ2) is 7.72. The van der Waals surface area contributed by atoms with Crippen molar-refractivity contribution in [1.29, 1.82) is 0 Å². The number of fused-ring (bicyclic) bond motifs is 1. The van der Waals surface area contributed by atoms with Crippen molar-refractivity contribution >= 4 is 23.3 Å². The Hall–Kier alpha value is -1.63. The number of carbonyl (C=O) groups excluding carboxylic acids is 1. The third-order valence-electron chi connectivity index (χ3n) is 5.46. The van der Waals surface area contributed by atoms with Gasteiger partial charge in [-0.05, 0) is 51.4 Å². The highest BCUT2D eigenvalue weighted by Gasteiger charge is 2.32. The first kappa shape index (κ1) is 18.2. The number of carboxylic acid groups (broad SMARTS) is 1. The van der Waals surface area contributed by atoms with Crippen LogP contribution in [0.3, 0.4) is 0 Å². The van der Waals surface area contributed by atoms with E-state index in [4.69, 9.17) is 10.1 Å². The maximum Gasteiger partial charge on any atom is 0.317 e. The number of hydrogen-bond donors (Lipinski definition) is 2. The van der Waals surface area contributed by atoms with Gasteiger partial charge in [-0.1, -0.05) is 6.92 Å². The third-order valence-corrected chi connectivity index (χ3v) is 6.80. The van der Waals surface area contributed by atoms with Crippen LogP contribution in [0.15, 0.2) is 0 Å². The van der Waals surface area contributed by atoms with Gasteiger partial charge >= 0.3 is 12.0 Å². The van der Waals surface area contributed by atoms with Crippen LogP contribution in [0, 0.1) is 5.92 Å². The number of nitrogens with zero attached hydrogens (tertiary/aromatic N) is 2. The number of carbonyl (C=O) groups is 2. The number of aliphatic carboxylic acids is 1. The molecule has 1 fully saturated rings. The van der Waals surface area contributed by atoms with Crippen molar-refractivity contribution < 1.29 is 14.7 Å². The number of urea groups is 1. The van der Waals surface area contributed by atoms with Crippen molar-refractivity contribution in [2.75, 3.05) is 7.05 Å². The molecule has 2 aliphatic rings. The average Bonchev–Trinajstić information content (AvgIpc) is 3.04. The van der Waals surface area contributed by atoms with Gasteiger partial charge in [0.2, 0.25) is 0 Å². The Labute approximate surface area is 152 Å². The fraction of sp³-hybridized carbons (Fsp3) is 0.722. The Kier molecular flexibility index (Phi) is 5.61. The van der Waals surface area contributed by atoms with Crippen molar-refractivity contribution in [3.63, 3.8) is 0 Å². The number of thiazole rings is 1. The third kappa shape index (κ3) is 3.97. The molecular formula is C18H27N3O3S. The van der Waals surface area contributed by atoms with Gasteiger partial charge in [-0.15, -0.1) is 11.3 Å². The van der Waals surface area contributed by atoms with Gasteiger partial charge in [0.1, 0.15) is 0 Å².